The van der Waals surface area contributed by atoms with Gasteiger partial charge >= 0.3 is 0 Å². The second-order valence-corrected chi connectivity index (χ2v) is 7.95. The maximum atomic E-state index is 12.4. The third-order valence-electron chi connectivity index (χ3n) is 4.32. The van der Waals surface area contributed by atoms with Crippen molar-refractivity contribution in [3.8, 4) is 0 Å². The summed E-state index contributed by atoms with van der Waals surface area (Å²) in [4.78, 5) is 30.0. The van der Waals surface area contributed by atoms with E-state index in [4.69, 9.17) is 4.98 Å². The molecule has 8 heteroatoms. The van der Waals surface area contributed by atoms with Crippen LogP contribution in [0.1, 0.15) is 36.0 Å². The lowest BCUT2D eigenvalue weighted by atomic mass is 9.97. The van der Waals surface area contributed by atoms with Crippen molar-refractivity contribution in [3.63, 3.8) is 0 Å². The topological polar surface area (TPSA) is 74.2 Å². The first-order chi connectivity index (χ1) is 12.4. The highest BCUT2D eigenvalue weighted by Gasteiger charge is 2.27. The Bertz CT molecular complexity index is 775. The van der Waals surface area contributed by atoms with Gasteiger partial charge in [0.25, 0.3) is 0 Å². The van der Waals surface area contributed by atoms with Crippen LogP contribution in [-0.4, -0.2) is 64.4 Å². The van der Waals surface area contributed by atoms with Gasteiger partial charge in [-0.05, 0) is 40.8 Å². The Morgan fingerprint density at radius 1 is 1.31 bits per heavy atom. The number of piperidine rings is 1. The van der Waals surface area contributed by atoms with E-state index < -0.39 is 0 Å². The van der Waals surface area contributed by atoms with Crippen molar-refractivity contribution >= 4 is 28.2 Å². The first-order valence-corrected chi connectivity index (χ1v) is 9.76. The van der Waals surface area contributed by atoms with Crippen LogP contribution >= 0.6 is 11.3 Å². The summed E-state index contributed by atoms with van der Waals surface area (Å²) in [5, 5.41) is 6.11. The van der Waals surface area contributed by atoms with Gasteiger partial charge in [0, 0.05) is 36.1 Å². The number of rotatable bonds is 5. The highest BCUT2D eigenvalue weighted by atomic mass is 32.1. The molecule has 3 rings (SSSR count). The van der Waals surface area contributed by atoms with E-state index in [1.165, 1.54) is 0 Å². The van der Waals surface area contributed by atoms with Crippen LogP contribution in [-0.2, 0) is 4.79 Å². The van der Waals surface area contributed by atoms with Crippen molar-refractivity contribution in [1.29, 1.82) is 0 Å². The third-order valence-corrected chi connectivity index (χ3v) is 5.19. The molecule has 1 saturated heterocycles. The van der Waals surface area contributed by atoms with Gasteiger partial charge in [0.05, 0.1) is 12.2 Å². The van der Waals surface area contributed by atoms with E-state index in [-0.39, 0.29) is 11.8 Å². The first-order valence-electron chi connectivity index (χ1n) is 8.88. The number of likely N-dealkylation sites (N-methyl/N-ethyl adjacent to an activating group) is 1. The number of likely N-dealkylation sites (tertiary alicyclic amines) is 1. The van der Waals surface area contributed by atoms with E-state index >= 15 is 0 Å². The fourth-order valence-electron chi connectivity index (χ4n) is 3.14. The molecule has 0 spiro atoms. The Hall–Kier alpha value is -2.06. The van der Waals surface area contributed by atoms with Crippen LogP contribution in [0.2, 0.25) is 0 Å². The van der Waals surface area contributed by atoms with Crippen LogP contribution in [0.25, 0.3) is 0 Å². The molecule has 1 N–H and O–H groups in total. The predicted molar refractivity (Wildman–Crippen MR) is 104 cm³/mol. The molecule has 1 amide bonds. The lowest BCUT2D eigenvalue weighted by Gasteiger charge is -2.33. The highest BCUT2D eigenvalue weighted by Crippen LogP contribution is 2.27. The Labute approximate surface area is 158 Å². The van der Waals surface area contributed by atoms with E-state index in [1.807, 2.05) is 49.2 Å². The lowest BCUT2D eigenvalue weighted by Crippen LogP contribution is -2.43. The van der Waals surface area contributed by atoms with Crippen LogP contribution < -0.4 is 5.32 Å². The summed E-state index contributed by atoms with van der Waals surface area (Å²) < 4.78 is 0. The Balaban J connectivity index is 1.74. The van der Waals surface area contributed by atoms with Crippen molar-refractivity contribution in [2.75, 3.05) is 39.0 Å². The fraction of sp³-hybridized carbons (Fsp3) is 0.556. The second kappa shape index (κ2) is 8.09. The molecule has 0 unspecified atom stereocenters. The maximum absolute atomic E-state index is 12.4. The minimum Gasteiger partial charge on any atom is -0.341 e. The standard InChI is InChI=1S/C18H26N6OS/c1-12-8-15(22-18-20-13(2)11-26-18)21-17(19-12)14-6-5-7-24(9-14)16(25)10-23(3)4/h8,11,14H,5-7,9-10H2,1-4H3,(H,19,20,21,22)/t14-/m0/s1. The van der Waals surface area contributed by atoms with Crippen molar-refractivity contribution in [2.45, 2.75) is 32.6 Å². The summed E-state index contributed by atoms with van der Waals surface area (Å²) in [6.45, 7) is 5.89. The summed E-state index contributed by atoms with van der Waals surface area (Å²) in [5.41, 5.74) is 1.91. The summed E-state index contributed by atoms with van der Waals surface area (Å²) in [6, 6.07) is 1.93. The van der Waals surface area contributed by atoms with Crippen LogP contribution in [0.3, 0.4) is 0 Å². The minimum absolute atomic E-state index is 0.170. The molecule has 0 saturated carbocycles. The van der Waals surface area contributed by atoms with Gasteiger partial charge in [0.1, 0.15) is 11.6 Å². The average molecular weight is 375 g/mol. The number of amides is 1. The molecule has 1 aliphatic rings. The number of aryl methyl sites for hydroxylation is 2. The quantitative estimate of drug-likeness (QED) is 0.867. The zero-order chi connectivity index (χ0) is 18.7. The third kappa shape index (κ3) is 4.76. The van der Waals surface area contributed by atoms with Crippen LogP contribution in [0, 0.1) is 13.8 Å². The smallest absolute Gasteiger partial charge is 0.236 e. The molecule has 2 aromatic rings. The number of anilines is 2. The molecule has 0 aromatic carbocycles. The van der Waals surface area contributed by atoms with Gasteiger partial charge < -0.3 is 15.1 Å². The largest absolute Gasteiger partial charge is 0.341 e. The van der Waals surface area contributed by atoms with Crippen LogP contribution in [0.15, 0.2) is 11.4 Å². The van der Waals surface area contributed by atoms with Gasteiger partial charge in [0.2, 0.25) is 5.91 Å². The molecule has 1 aliphatic heterocycles. The minimum atomic E-state index is 0.170. The summed E-state index contributed by atoms with van der Waals surface area (Å²) in [5.74, 6) is 1.92. The van der Waals surface area contributed by atoms with Crippen LogP contribution in [0.4, 0.5) is 10.9 Å². The van der Waals surface area contributed by atoms with Crippen molar-refractivity contribution in [1.82, 2.24) is 24.8 Å². The van der Waals surface area contributed by atoms with Crippen molar-refractivity contribution in [3.05, 3.63) is 28.7 Å². The molecule has 7 nitrogen and oxygen atoms in total. The number of nitrogens with zero attached hydrogens (tertiary/aromatic N) is 5. The van der Waals surface area contributed by atoms with Gasteiger partial charge in [0.15, 0.2) is 5.13 Å². The Morgan fingerprint density at radius 3 is 2.81 bits per heavy atom. The maximum Gasteiger partial charge on any atom is 0.236 e. The van der Waals surface area contributed by atoms with Gasteiger partial charge in [-0.2, -0.15) is 0 Å². The van der Waals surface area contributed by atoms with E-state index in [1.54, 1.807) is 11.3 Å². The lowest BCUT2D eigenvalue weighted by molar-refractivity contribution is -0.133. The monoisotopic (exact) mass is 374 g/mol. The van der Waals surface area contributed by atoms with Crippen LogP contribution in [0.5, 0.6) is 0 Å². The van der Waals surface area contributed by atoms with Gasteiger partial charge in [-0.15, -0.1) is 11.3 Å². The number of carbonyl (C=O) groups excluding carboxylic acids is 1. The number of hydrogen-bond acceptors (Lipinski definition) is 7. The SMILES string of the molecule is Cc1cc(Nc2nc(C)cs2)nc([C@H]2CCCN(C(=O)CN(C)C)C2)n1. The molecule has 26 heavy (non-hydrogen) atoms. The number of nitrogens with one attached hydrogen (secondary N) is 1. The van der Waals surface area contributed by atoms with Gasteiger partial charge in [-0.1, -0.05) is 0 Å². The average Bonchev–Trinajstić information content (AvgIpc) is 2.98. The number of thiazole rings is 1. The zero-order valence-electron chi connectivity index (χ0n) is 15.8. The molecular weight excluding hydrogens is 348 g/mol. The molecule has 1 fully saturated rings. The van der Waals surface area contributed by atoms with Gasteiger partial charge in [-0.25, -0.2) is 15.0 Å². The molecule has 140 valence electrons. The van der Waals surface area contributed by atoms with E-state index in [0.29, 0.717) is 13.1 Å². The van der Waals surface area contributed by atoms with Gasteiger partial charge in [-0.3, -0.25) is 4.79 Å². The molecule has 0 aliphatic carbocycles. The normalized spacial score (nSPS) is 17.6. The number of aromatic nitrogens is 3. The zero-order valence-corrected chi connectivity index (χ0v) is 16.6. The number of hydrogen-bond donors (Lipinski definition) is 1. The molecule has 0 radical (unpaired) electrons. The predicted octanol–water partition coefficient (Wildman–Crippen LogP) is 2.56. The summed E-state index contributed by atoms with van der Waals surface area (Å²) >= 11 is 1.56. The van der Waals surface area contributed by atoms with E-state index in [0.717, 1.165) is 47.5 Å². The summed E-state index contributed by atoms with van der Waals surface area (Å²) in [7, 11) is 3.84. The molecule has 2 aromatic heterocycles. The Morgan fingerprint density at radius 2 is 2.12 bits per heavy atom. The van der Waals surface area contributed by atoms with E-state index in [2.05, 4.69) is 15.3 Å². The fourth-order valence-corrected chi connectivity index (χ4v) is 3.84. The Kier molecular flexibility index (Phi) is 5.83. The first kappa shape index (κ1) is 18.7. The summed E-state index contributed by atoms with van der Waals surface area (Å²) in [6.07, 6.45) is 1.99. The molecule has 0 bridgehead atoms. The molecular formula is C18H26N6OS. The van der Waals surface area contributed by atoms with Crippen molar-refractivity contribution in [2.24, 2.45) is 0 Å². The van der Waals surface area contributed by atoms with E-state index in [9.17, 15) is 4.79 Å². The number of carbonyl (C=O) groups is 1. The molecule has 1 atom stereocenters. The molecule has 3 heterocycles. The highest BCUT2D eigenvalue weighted by molar-refractivity contribution is 7.13. The second-order valence-electron chi connectivity index (χ2n) is 7.09. The van der Waals surface area contributed by atoms with Crippen molar-refractivity contribution < 1.29 is 4.79 Å².